The van der Waals surface area contributed by atoms with Gasteiger partial charge < -0.3 is 9.64 Å². The first-order valence-electron chi connectivity index (χ1n) is 13.6. The summed E-state index contributed by atoms with van der Waals surface area (Å²) in [5.74, 6) is 1.60. The van der Waals surface area contributed by atoms with Gasteiger partial charge in [-0.1, -0.05) is 80.5 Å². The van der Waals surface area contributed by atoms with Gasteiger partial charge in [-0.15, -0.1) is 0 Å². The predicted molar refractivity (Wildman–Crippen MR) is 148 cm³/mol. The Morgan fingerprint density at radius 3 is 2.22 bits per heavy atom. The number of ether oxygens (including phenoxy) is 1. The maximum atomic E-state index is 13.8. The molecule has 0 aliphatic heterocycles. The van der Waals surface area contributed by atoms with Gasteiger partial charge in [0.05, 0.1) is 0 Å². The summed E-state index contributed by atoms with van der Waals surface area (Å²) in [5, 5.41) is 0.651. The molecule has 0 spiro atoms. The number of hydrogen-bond acceptors (Lipinski definition) is 2. The fourth-order valence-electron chi connectivity index (χ4n) is 5.83. The van der Waals surface area contributed by atoms with Crippen LogP contribution < -0.4 is 9.64 Å². The lowest BCUT2D eigenvalue weighted by molar-refractivity contribution is 0.0970. The number of anilines is 1. The number of halogens is 1. The van der Waals surface area contributed by atoms with E-state index in [0.29, 0.717) is 23.1 Å². The summed E-state index contributed by atoms with van der Waals surface area (Å²) < 4.78 is 6.10. The van der Waals surface area contributed by atoms with Crippen molar-refractivity contribution in [2.75, 3.05) is 4.90 Å². The summed E-state index contributed by atoms with van der Waals surface area (Å²) in [6, 6.07) is 24.3. The van der Waals surface area contributed by atoms with Crippen LogP contribution in [-0.2, 0) is 6.61 Å². The quantitative estimate of drug-likeness (QED) is 0.323. The van der Waals surface area contributed by atoms with Gasteiger partial charge in [0, 0.05) is 22.3 Å². The molecule has 0 atom stereocenters. The van der Waals surface area contributed by atoms with Gasteiger partial charge in [-0.05, 0) is 85.2 Å². The second-order valence-electron chi connectivity index (χ2n) is 10.3. The Balaban J connectivity index is 1.29. The van der Waals surface area contributed by atoms with Crippen molar-refractivity contribution in [3.63, 3.8) is 0 Å². The molecule has 3 aromatic carbocycles. The first kappa shape index (κ1) is 24.9. The highest BCUT2D eigenvalue weighted by molar-refractivity contribution is 6.31. The first-order chi connectivity index (χ1) is 17.7. The summed E-state index contributed by atoms with van der Waals surface area (Å²) in [6.45, 7) is 0.435. The van der Waals surface area contributed by atoms with Crippen LogP contribution in [0.1, 0.15) is 91.6 Å². The molecule has 3 aromatic rings. The topological polar surface area (TPSA) is 29.5 Å². The molecule has 0 heterocycles. The molecule has 0 radical (unpaired) electrons. The van der Waals surface area contributed by atoms with Crippen LogP contribution in [0.2, 0.25) is 5.02 Å². The van der Waals surface area contributed by atoms with Crippen LogP contribution in [0.5, 0.6) is 5.75 Å². The third-order valence-electron chi connectivity index (χ3n) is 7.78. The van der Waals surface area contributed by atoms with Crippen LogP contribution in [0, 0.1) is 0 Å². The maximum Gasteiger partial charge on any atom is 0.258 e. The number of nitrogens with zero attached hydrogens (tertiary/aromatic N) is 1. The van der Waals surface area contributed by atoms with Gasteiger partial charge in [-0.25, -0.2) is 0 Å². The van der Waals surface area contributed by atoms with Crippen LogP contribution in [0.15, 0.2) is 72.8 Å². The van der Waals surface area contributed by atoms with Gasteiger partial charge in [-0.3, -0.25) is 4.79 Å². The Bertz CT molecular complexity index is 1150. The third-order valence-corrected chi connectivity index (χ3v) is 8.02. The minimum atomic E-state index is 0.0304. The van der Waals surface area contributed by atoms with Crippen LogP contribution in [0.25, 0.3) is 0 Å². The lowest BCUT2D eigenvalue weighted by atomic mass is 9.84. The minimum absolute atomic E-state index is 0.0304. The van der Waals surface area contributed by atoms with E-state index >= 15 is 0 Å². The minimum Gasteiger partial charge on any atom is -0.489 e. The van der Waals surface area contributed by atoms with E-state index in [9.17, 15) is 4.79 Å². The van der Waals surface area contributed by atoms with Crippen molar-refractivity contribution >= 4 is 23.2 Å². The van der Waals surface area contributed by atoms with Gasteiger partial charge in [0.25, 0.3) is 5.91 Å². The van der Waals surface area contributed by atoms with Crippen LogP contribution in [0.3, 0.4) is 0 Å². The van der Waals surface area contributed by atoms with Crippen LogP contribution >= 0.6 is 11.6 Å². The van der Waals surface area contributed by atoms with Crippen molar-refractivity contribution < 1.29 is 9.53 Å². The van der Waals surface area contributed by atoms with Crippen molar-refractivity contribution in [1.29, 1.82) is 0 Å². The Morgan fingerprint density at radius 2 is 1.50 bits per heavy atom. The van der Waals surface area contributed by atoms with E-state index in [0.717, 1.165) is 42.7 Å². The molecular weight excluding hydrogens is 466 g/mol. The van der Waals surface area contributed by atoms with E-state index in [1.54, 1.807) is 0 Å². The molecule has 2 aliphatic carbocycles. The van der Waals surface area contributed by atoms with Gasteiger partial charge in [-0.2, -0.15) is 0 Å². The Hall–Kier alpha value is -2.78. The van der Waals surface area contributed by atoms with E-state index < -0.39 is 0 Å². The zero-order valence-corrected chi connectivity index (χ0v) is 21.8. The molecule has 3 nitrogen and oxygen atoms in total. The number of amides is 1. The van der Waals surface area contributed by atoms with Crippen molar-refractivity contribution in [3.05, 3.63) is 94.5 Å². The summed E-state index contributed by atoms with van der Waals surface area (Å²) in [4.78, 5) is 15.8. The van der Waals surface area contributed by atoms with Gasteiger partial charge >= 0.3 is 0 Å². The summed E-state index contributed by atoms with van der Waals surface area (Å²) >= 11 is 6.30. The molecule has 0 saturated heterocycles. The molecule has 36 heavy (non-hydrogen) atoms. The highest BCUT2D eigenvalue weighted by Gasteiger charge is 2.28. The standard InChI is InChI=1S/C32H36ClNO2/c33-28-13-8-16-30(22-28)34(29-14-5-2-6-15-29)32(35)27-12-7-9-24(21-27)23-36-31-19-17-26(18-20-31)25-10-3-1-4-11-25/h7-9,12-13,16-22,25,29H,1-6,10-11,14-15,23H2. The average molecular weight is 502 g/mol. The van der Waals surface area contributed by atoms with Crippen molar-refractivity contribution in [2.45, 2.75) is 82.8 Å². The maximum absolute atomic E-state index is 13.8. The average Bonchev–Trinajstić information content (AvgIpc) is 2.94. The summed E-state index contributed by atoms with van der Waals surface area (Å²) in [7, 11) is 0. The summed E-state index contributed by atoms with van der Waals surface area (Å²) in [6.07, 6.45) is 12.3. The van der Waals surface area contributed by atoms with Crippen LogP contribution in [0.4, 0.5) is 5.69 Å². The number of carbonyl (C=O) groups is 1. The normalized spacial score (nSPS) is 17.0. The lowest BCUT2D eigenvalue weighted by Crippen LogP contribution is -2.41. The molecule has 2 aliphatic rings. The largest absolute Gasteiger partial charge is 0.489 e. The van der Waals surface area contributed by atoms with Gasteiger partial charge in [0.1, 0.15) is 12.4 Å². The van der Waals surface area contributed by atoms with E-state index in [4.69, 9.17) is 16.3 Å². The predicted octanol–water partition coefficient (Wildman–Crippen LogP) is 8.95. The molecule has 2 fully saturated rings. The lowest BCUT2D eigenvalue weighted by Gasteiger charge is -2.34. The number of carbonyl (C=O) groups excluding carboxylic acids is 1. The number of hydrogen-bond donors (Lipinski definition) is 0. The zero-order valence-electron chi connectivity index (χ0n) is 21.0. The van der Waals surface area contributed by atoms with E-state index in [1.807, 2.05) is 53.4 Å². The fraction of sp³-hybridized carbons (Fsp3) is 0.406. The van der Waals surface area contributed by atoms with E-state index in [1.165, 1.54) is 44.1 Å². The highest BCUT2D eigenvalue weighted by Crippen LogP contribution is 2.34. The molecule has 0 bridgehead atoms. The third kappa shape index (κ3) is 6.13. The van der Waals surface area contributed by atoms with Crippen molar-refractivity contribution in [3.8, 4) is 5.75 Å². The zero-order chi connectivity index (χ0) is 24.7. The molecule has 188 valence electrons. The van der Waals surface area contributed by atoms with Gasteiger partial charge in [0.15, 0.2) is 0 Å². The second-order valence-corrected chi connectivity index (χ2v) is 10.8. The van der Waals surface area contributed by atoms with Crippen LogP contribution in [-0.4, -0.2) is 11.9 Å². The monoisotopic (exact) mass is 501 g/mol. The molecule has 1 amide bonds. The van der Waals surface area contributed by atoms with E-state index in [2.05, 4.69) is 24.3 Å². The fourth-order valence-corrected chi connectivity index (χ4v) is 6.02. The second kappa shape index (κ2) is 12.0. The van der Waals surface area contributed by atoms with Crippen molar-refractivity contribution in [2.24, 2.45) is 0 Å². The smallest absolute Gasteiger partial charge is 0.258 e. The highest BCUT2D eigenvalue weighted by atomic mass is 35.5. The first-order valence-corrected chi connectivity index (χ1v) is 14.0. The molecule has 5 rings (SSSR count). The molecular formula is C32H36ClNO2. The molecule has 2 saturated carbocycles. The van der Waals surface area contributed by atoms with Crippen molar-refractivity contribution in [1.82, 2.24) is 0 Å². The molecule has 4 heteroatoms. The molecule has 0 unspecified atom stereocenters. The Labute approximate surface area is 220 Å². The summed E-state index contributed by atoms with van der Waals surface area (Å²) in [5.41, 5.74) is 3.98. The molecule has 0 N–H and O–H groups in total. The number of benzene rings is 3. The van der Waals surface area contributed by atoms with E-state index in [-0.39, 0.29) is 11.9 Å². The Morgan fingerprint density at radius 1 is 0.806 bits per heavy atom. The molecule has 0 aromatic heterocycles. The SMILES string of the molecule is O=C(c1cccc(COc2ccc(C3CCCCC3)cc2)c1)N(c1cccc(Cl)c1)C1CCCCC1. The Kier molecular flexibility index (Phi) is 8.28. The van der Waals surface area contributed by atoms with Gasteiger partial charge in [0.2, 0.25) is 0 Å². The number of rotatable bonds is 7.